The van der Waals surface area contributed by atoms with Gasteiger partial charge < -0.3 is 4.90 Å². The maximum absolute atomic E-state index is 13.4. The zero-order valence-corrected chi connectivity index (χ0v) is 16.3. The molecule has 158 valence electrons. The summed E-state index contributed by atoms with van der Waals surface area (Å²) < 4.78 is 40.8. The molecule has 1 aliphatic rings. The van der Waals surface area contributed by atoms with Crippen LogP contribution in [-0.2, 0) is 6.54 Å². The van der Waals surface area contributed by atoms with E-state index < -0.39 is 24.3 Å². The highest BCUT2D eigenvalue weighted by atomic mass is 19.4. The summed E-state index contributed by atoms with van der Waals surface area (Å²) in [6, 6.07) is 9.49. The minimum Gasteiger partial charge on any atom is -0.346 e. The van der Waals surface area contributed by atoms with Crippen molar-refractivity contribution in [1.82, 2.24) is 24.5 Å². The first-order chi connectivity index (χ1) is 14.9. The van der Waals surface area contributed by atoms with Crippen LogP contribution in [0.25, 0.3) is 22.1 Å². The quantitative estimate of drug-likeness (QED) is 0.498. The molecule has 1 atom stereocenters. The molecular formula is C21H17F3N6O. The van der Waals surface area contributed by atoms with Crippen molar-refractivity contribution in [3.8, 4) is 0 Å². The highest BCUT2D eigenvalue weighted by molar-refractivity contribution is 5.77. The van der Waals surface area contributed by atoms with Gasteiger partial charge in [-0.05, 0) is 37.1 Å². The number of hydrogen-bond acceptors (Lipinski definition) is 6. The van der Waals surface area contributed by atoms with E-state index in [1.165, 1.54) is 12.3 Å². The summed E-state index contributed by atoms with van der Waals surface area (Å²) in [5, 5.41) is 0.166. The van der Waals surface area contributed by atoms with Crippen LogP contribution >= 0.6 is 0 Å². The number of halogens is 3. The van der Waals surface area contributed by atoms with Crippen molar-refractivity contribution in [3.05, 3.63) is 65.0 Å². The molecule has 0 radical (unpaired) electrons. The molecule has 1 aromatic carbocycles. The Labute approximate surface area is 174 Å². The minimum absolute atomic E-state index is 0.0968. The van der Waals surface area contributed by atoms with E-state index in [0.29, 0.717) is 35.5 Å². The first-order valence-electron chi connectivity index (χ1n) is 9.81. The molecular weight excluding hydrogens is 409 g/mol. The third kappa shape index (κ3) is 3.58. The topological polar surface area (TPSA) is 76.8 Å². The van der Waals surface area contributed by atoms with Gasteiger partial charge in [-0.1, -0.05) is 12.1 Å². The summed E-state index contributed by atoms with van der Waals surface area (Å²) in [5.41, 5.74) is 0.761. The lowest BCUT2D eigenvalue weighted by molar-refractivity contribution is -0.141. The summed E-state index contributed by atoms with van der Waals surface area (Å²) in [7, 11) is 0. The smallest absolute Gasteiger partial charge is 0.346 e. The van der Waals surface area contributed by atoms with Gasteiger partial charge in [0.1, 0.15) is 23.7 Å². The number of aromatic nitrogens is 5. The molecule has 0 aliphatic carbocycles. The van der Waals surface area contributed by atoms with Crippen LogP contribution < -0.4 is 10.5 Å². The summed E-state index contributed by atoms with van der Waals surface area (Å²) in [5.74, 6) is 0.663. The number of anilines is 1. The lowest BCUT2D eigenvalue weighted by Crippen LogP contribution is -2.36. The number of rotatable bonds is 3. The van der Waals surface area contributed by atoms with E-state index in [1.54, 1.807) is 36.5 Å². The molecule has 1 aliphatic heterocycles. The minimum atomic E-state index is -4.55. The molecule has 1 saturated heterocycles. The number of alkyl halides is 3. The number of hydrogen-bond donors (Lipinski definition) is 0. The van der Waals surface area contributed by atoms with Crippen molar-refractivity contribution < 1.29 is 13.2 Å². The van der Waals surface area contributed by atoms with Gasteiger partial charge in [0.05, 0.1) is 16.9 Å². The molecule has 0 N–H and O–H groups in total. The van der Waals surface area contributed by atoms with Gasteiger partial charge in [-0.2, -0.15) is 13.2 Å². The first-order valence-corrected chi connectivity index (χ1v) is 9.81. The van der Waals surface area contributed by atoms with Gasteiger partial charge in [-0.15, -0.1) is 0 Å². The van der Waals surface area contributed by atoms with Crippen molar-refractivity contribution >= 4 is 27.9 Å². The number of pyridine rings is 1. The Kier molecular flexibility index (Phi) is 4.57. The Balaban J connectivity index is 1.65. The average molecular weight is 426 g/mol. The zero-order valence-electron chi connectivity index (χ0n) is 16.3. The molecule has 1 unspecified atom stereocenters. The van der Waals surface area contributed by atoms with Crippen molar-refractivity contribution in [3.63, 3.8) is 0 Å². The van der Waals surface area contributed by atoms with Crippen molar-refractivity contribution in [2.24, 2.45) is 0 Å². The lowest BCUT2D eigenvalue weighted by atomic mass is 10.1. The van der Waals surface area contributed by atoms with Crippen LogP contribution in [0.15, 0.2) is 53.6 Å². The van der Waals surface area contributed by atoms with Gasteiger partial charge >= 0.3 is 6.18 Å². The SMILES string of the molecule is O=c1c2ccccc2nc(C2CCCN2c2ccc3nccnc3n2)n1CC(F)(F)F. The molecule has 5 rings (SSSR count). The standard InChI is InChI=1S/C21H17F3N6O/c22-21(23,24)12-30-19(27-14-5-2-1-4-13(14)20(30)31)16-6-3-11-29(16)17-8-7-15-18(28-17)26-10-9-25-15/h1-2,4-5,7-10,16H,3,6,11-12H2. The van der Waals surface area contributed by atoms with Crippen molar-refractivity contribution in [1.29, 1.82) is 0 Å². The number of benzene rings is 1. The Hall–Kier alpha value is -3.56. The Bertz CT molecular complexity index is 1340. The van der Waals surface area contributed by atoms with Gasteiger partial charge in [0.2, 0.25) is 0 Å². The molecule has 0 spiro atoms. The molecule has 4 aromatic rings. The van der Waals surface area contributed by atoms with Crippen LogP contribution in [0.5, 0.6) is 0 Å². The Morgan fingerprint density at radius 1 is 1.00 bits per heavy atom. The van der Waals surface area contributed by atoms with Crippen LogP contribution in [0.2, 0.25) is 0 Å². The molecule has 0 saturated carbocycles. The van der Waals surface area contributed by atoms with Gasteiger partial charge in [-0.25, -0.2) is 15.0 Å². The molecule has 3 aromatic heterocycles. The first kappa shape index (κ1) is 19.4. The fourth-order valence-electron chi connectivity index (χ4n) is 4.09. The largest absolute Gasteiger partial charge is 0.406 e. The normalized spacial score (nSPS) is 17.0. The van der Waals surface area contributed by atoms with E-state index in [9.17, 15) is 18.0 Å². The van der Waals surface area contributed by atoms with Gasteiger partial charge in [0, 0.05) is 18.9 Å². The second-order valence-electron chi connectivity index (χ2n) is 7.41. The number of nitrogens with zero attached hydrogens (tertiary/aromatic N) is 6. The number of fused-ring (bicyclic) bond motifs is 2. The molecule has 0 amide bonds. The summed E-state index contributed by atoms with van der Waals surface area (Å²) in [6.07, 6.45) is -0.158. The van der Waals surface area contributed by atoms with Crippen LogP contribution in [0.3, 0.4) is 0 Å². The van der Waals surface area contributed by atoms with Crippen molar-refractivity contribution in [2.75, 3.05) is 11.4 Å². The van der Waals surface area contributed by atoms with E-state index in [1.807, 2.05) is 4.90 Å². The van der Waals surface area contributed by atoms with Crippen LogP contribution in [0, 0.1) is 0 Å². The summed E-state index contributed by atoms with van der Waals surface area (Å²) in [6.45, 7) is -0.807. The maximum atomic E-state index is 13.4. The van der Waals surface area contributed by atoms with E-state index in [0.717, 1.165) is 11.0 Å². The van der Waals surface area contributed by atoms with E-state index in [4.69, 9.17) is 0 Å². The monoisotopic (exact) mass is 426 g/mol. The van der Waals surface area contributed by atoms with Crippen molar-refractivity contribution in [2.45, 2.75) is 31.6 Å². The van der Waals surface area contributed by atoms with Crippen LogP contribution in [0.4, 0.5) is 19.0 Å². The molecule has 0 bridgehead atoms. The van der Waals surface area contributed by atoms with E-state index in [2.05, 4.69) is 19.9 Å². The second kappa shape index (κ2) is 7.29. The molecule has 7 nitrogen and oxygen atoms in total. The third-order valence-corrected chi connectivity index (χ3v) is 5.39. The fourth-order valence-corrected chi connectivity index (χ4v) is 4.09. The predicted octanol–water partition coefficient (Wildman–Crippen LogP) is 3.64. The lowest BCUT2D eigenvalue weighted by Gasteiger charge is -2.28. The van der Waals surface area contributed by atoms with E-state index in [-0.39, 0.29) is 11.2 Å². The highest BCUT2D eigenvalue weighted by Gasteiger charge is 2.35. The number of para-hydroxylation sites is 1. The van der Waals surface area contributed by atoms with Gasteiger partial charge in [0.15, 0.2) is 5.65 Å². The molecule has 31 heavy (non-hydrogen) atoms. The fraction of sp³-hybridized carbons (Fsp3) is 0.286. The van der Waals surface area contributed by atoms with Crippen LogP contribution in [0.1, 0.15) is 24.7 Å². The van der Waals surface area contributed by atoms with E-state index >= 15 is 0 Å². The summed E-state index contributed by atoms with van der Waals surface area (Å²) in [4.78, 5) is 32.3. The zero-order chi connectivity index (χ0) is 21.6. The van der Waals surface area contributed by atoms with Crippen LogP contribution in [-0.4, -0.2) is 37.2 Å². The molecule has 10 heteroatoms. The third-order valence-electron chi connectivity index (χ3n) is 5.39. The van der Waals surface area contributed by atoms with Gasteiger partial charge in [0.25, 0.3) is 5.56 Å². The summed E-state index contributed by atoms with van der Waals surface area (Å²) >= 11 is 0. The molecule has 1 fully saturated rings. The second-order valence-corrected chi connectivity index (χ2v) is 7.41. The highest BCUT2D eigenvalue weighted by Crippen LogP contribution is 2.35. The Morgan fingerprint density at radius 3 is 2.65 bits per heavy atom. The Morgan fingerprint density at radius 2 is 1.81 bits per heavy atom. The van der Waals surface area contributed by atoms with Gasteiger partial charge in [-0.3, -0.25) is 14.3 Å². The molecule has 4 heterocycles. The average Bonchev–Trinajstić information content (AvgIpc) is 3.24. The predicted molar refractivity (Wildman–Crippen MR) is 109 cm³/mol. The maximum Gasteiger partial charge on any atom is 0.406 e.